The Kier molecular flexibility index (Phi) is 9.71. The summed E-state index contributed by atoms with van der Waals surface area (Å²) in [5.41, 5.74) is 2.45. The number of amides is 2. The number of ether oxygens (including phenoxy) is 1. The molecule has 9 nitrogen and oxygen atoms in total. The van der Waals surface area contributed by atoms with Gasteiger partial charge in [-0.1, -0.05) is 18.2 Å². The second-order valence-corrected chi connectivity index (χ2v) is 12.7. The maximum Gasteiger partial charge on any atom is 0.416 e. The number of hydrogen-bond acceptors (Lipinski definition) is 7. The Balaban J connectivity index is 1.20. The van der Waals surface area contributed by atoms with Crippen LogP contribution < -0.4 is 10.6 Å². The van der Waals surface area contributed by atoms with Crippen molar-refractivity contribution >= 4 is 34.5 Å². The number of hydrogen-bond donors (Lipinski definition) is 2. The van der Waals surface area contributed by atoms with Crippen LogP contribution >= 0.6 is 0 Å². The van der Waals surface area contributed by atoms with Crippen molar-refractivity contribution in [3.05, 3.63) is 83.0 Å². The Labute approximate surface area is 272 Å². The number of fused-ring (bicyclic) bond motifs is 1. The number of alkyl halides is 3. The molecular weight excluding hydrogens is 609 g/mol. The zero-order valence-corrected chi connectivity index (χ0v) is 27.2. The lowest BCUT2D eigenvalue weighted by Crippen LogP contribution is -2.50. The molecule has 0 bridgehead atoms. The molecule has 1 aliphatic heterocycles. The highest BCUT2D eigenvalue weighted by Gasteiger charge is 2.33. The van der Waals surface area contributed by atoms with Gasteiger partial charge in [0.15, 0.2) is 0 Å². The zero-order chi connectivity index (χ0) is 33.9. The molecule has 1 aromatic heterocycles. The van der Waals surface area contributed by atoms with Crippen molar-refractivity contribution in [3.63, 3.8) is 0 Å². The number of carbonyl (C=O) groups excluding carboxylic acids is 2. The highest BCUT2D eigenvalue weighted by molar-refractivity contribution is 6.05. The molecule has 47 heavy (non-hydrogen) atoms. The van der Waals surface area contributed by atoms with Crippen LogP contribution in [-0.2, 0) is 10.9 Å². The fourth-order valence-electron chi connectivity index (χ4n) is 5.44. The third-order valence-corrected chi connectivity index (χ3v) is 8.01. The number of aromatic nitrogens is 2. The van der Waals surface area contributed by atoms with Gasteiger partial charge in [0, 0.05) is 62.1 Å². The quantitative estimate of drug-likeness (QED) is 0.220. The zero-order valence-electron chi connectivity index (χ0n) is 27.2. The van der Waals surface area contributed by atoms with E-state index in [1.807, 2.05) is 52.0 Å². The van der Waals surface area contributed by atoms with Crippen LogP contribution in [0.5, 0.6) is 0 Å². The molecule has 1 saturated heterocycles. The topological polar surface area (TPSA) is 99.7 Å². The lowest BCUT2D eigenvalue weighted by molar-refractivity contribution is -0.138. The molecule has 248 valence electrons. The third kappa shape index (κ3) is 8.37. The Bertz CT molecular complexity index is 1780. The maximum absolute atomic E-state index is 13.4. The van der Waals surface area contributed by atoms with E-state index in [0.29, 0.717) is 31.1 Å². The minimum absolute atomic E-state index is 0.0396. The summed E-state index contributed by atoms with van der Waals surface area (Å²) in [5, 5.41) is 6.74. The molecule has 5 rings (SSSR count). The maximum atomic E-state index is 13.4. The van der Waals surface area contributed by atoms with E-state index in [1.165, 1.54) is 19.1 Å². The predicted molar refractivity (Wildman–Crippen MR) is 177 cm³/mol. The van der Waals surface area contributed by atoms with E-state index in [-0.39, 0.29) is 17.3 Å². The number of rotatable bonds is 7. The van der Waals surface area contributed by atoms with E-state index >= 15 is 0 Å². The smallest absolute Gasteiger partial charge is 0.416 e. The average Bonchev–Trinajstić information content (AvgIpc) is 3.01. The lowest BCUT2D eigenvalue weighted by Gasteiger charge is -2.35. The molecule has 2 heterocycles. The summed E-state index contributed by atoms with van der Waals surface area (Å²) in [5.74, 6) is 0.0100. The van der Waals surface area contributed by atoms with Crippen molar-refractivity contribution in [2.24, 2.45) is 0 Å². The van der Waals surface area contributed by atoms with Gasteiger partial charge in [-0.25, -0.2) is 14.8 Å². The molecule has 0 aliphatic carbocycles. The molecule has 2 amide bonds. The van der Waals surface area contributed by atoms with Crippen LogP contribution in [-0.4, -0.2) is 76.6 Å². The van der Waals surface area contributed by atoms with Gasteiger partial charge in [0.2, 0.25) is 5.95 Å². The van der Waals surface area contributed by atoms with Crippen LogP contribution in [0.1, 0.15) is 47.8 Å². The second kappa shape index (κ2) is 13.6. The van der Waals surface area contributed by atoms with Crippen LogP contribution in [0.4, 0.5) is 29.6 Å². The van der Waals surface area contributed by atoms with E-state index in [9.17, 15) is 22.8 Å². The number of piperazine rings is 1. The van der Waals surface area contributed by atoms with Gasteiger partial charge in [-0.15, -0.1) is 0 Å². The Morgan fingerprint density at radius 1 is 0.957 bits per heavy atom. The molecule has 1 fully saturated rings. The standard InChI is InChI=1S/C35H39F3N6O3/c1-22-9-10-25(31(45)41-29-8-6-7-28(23(29)2)35(36,37)38)20-27(22)24-11-12-30-26(19-24)21-40-32(42-30)39-13-14-43-15-17-44(18-16-43)33(46)47-34(3,4)5/h6-12,19-21H,13-18H2,1-5H3,(H,41,45)(H,39,40,42). The fourth-order valence-corrected chi connectivity index (χ4v) is 5.44. The molecule has 12 heteroatoms. The lowest BCUT2D eigenvalue weighted by atomic mass is 9.96. The summed E-state index contributed by atoms with van der Waals surface area (Å²) in [6.45, 7) is 13.0. The average molecular weight is 649 g/mol. The molecule has 1 aliphatic rings. The number of halogens is 3. The first-order valence-corrected chi connectivity index (χ1v) is 15.5. The van der Waals surface area contributed by atoms with Gasteiger partial charge < -0.3 is 20.3 Å². The molecule has 4 aromatic rings. The van der Waals surface area contributed by atoms with Crippen molar-refractivity contribution in [2.75, 3.05) is 49.9 Å². The molecule has 0 radical (unpaired) electrons. The molecule has 0 spiro atoms. The van der Waals surface area contributed by atoms with Crippen LogP contribution in [0.15, 0.2) is 60.8 Å². The van der Waals surface area contributed by atoms with Crippen molar-refractivity contribution in [1.29, 1.82) is 0 Å². The van der Waals surface area contributed by atoms with E-state index in [4.69, 9.17) is 4.74 Å². The van der Waals surface area contributed by atoms with Crippen LogP contribution in [0.2, 0.25) is 0 Å². The summed E-state index contributed by atoms with van der Waals surface area (Å²) < 4.78 is 45.5. The molecule has 0 atom stereocenters. The molecule has 0 unspecified atom stereocenters. The van der Waals surface area contributed by atoms with E-state index in [1.54, 1.807) is 23.2 Å². The molecule has 0 saturated carbocycles. The van der Waals surface area contributed by atoms with Crippen molar-refractivity contribution < 1.29 is 27.5 Å². The molecule has 2 N–H and O–H groups in total. The third-order valence-electron chi connectivity index (χ3n) is 8.01. The SMILES string of the molecule is Cc1ccc(C(=O)Nc2cccc(C(F)(F)F)c2C)cc1-c1ccc2nc(NCCN3CCN(C(=O)OC(C)(C)C)CC3)ncc2c1. The number of aryl methyl sites for hydroxylation is 1. The van der Waals surface area contributed by atoms with Crippen molar-refractivity contribution in [2.45, 2.75) is 46.4 Å². The van der Waals surface area contributed by atoms with Gasteiger partial charge in [-0.05, 0) is 93.3 Å². The van der Waals surface area contributed by atoms with E-state index in [0.717, 1.165) is 53.3 Å². The highest BCUT2D eigenvalue weighted by atomic mass is 19.4. The number of anilines is 2. The fraction of sp³-hybridized carbons (Fsp3) is 0.371. The number of benzene rings is 3. The van der Waals surface area contributed by atoms with Crippen LogP contribution in [0, 0.1) is 13.8 Å². The summed E-state index contributed by atoms with van der Waals surface area (Å²) in [4.78, 5) is 38.6. The number of nitrogens with zero attached hydrogens (tertiary/aromatic N) is 4. The van der Waals surface area contributed by atoms with E-state index < -0.39 is 23.2 Å². The first-order valence-electron chi connectivity index (χ1n) is 15.5. The Morgan fingerprint density at radius 2 is 1.70 bits per heavy atom. The van der Waals surface area contributed by atoms with E-state index in [2.05, 4.69) is 25.5 Å². The highest BCUT2D eigenvalue weighted by Crippen LogP contribution is 2.35. The molecule has 3 aromatic carbocycles. The number of carbonyl (C=O) groups is 2. The summed E-state index contributed by atoms with van der Waals surface area (Å²) in [7, 11) is 0. The van der Waals surface area contributed by atoms with Gasteiger partial charge in [0.1, 0.15) is 5.60 Å². The van der Waals surface area contributed by atoms with Gasteiger partial charge in [-0.3, -0.25) is 9.69 Å². The Hall–Kier alpha value is -4.71. The first kappa shape index (κ1) is 33.6. The Morgan fingerprint density at radius 3 is 2.40 bits per heavy atom. The first-order chi connectivity index (χ1) is 22.2. The van der Waals surface area contributed by atoms with Gasteiger partial charge >= 0.3 is 12.3 Å². The number of nitrogens with one attached hydrogen (secondary N) is 2. The monoisotopic (exact) mass is 648 g/mol. The minimum atomic E-state index is -4.51. The van der Waals surface area contributed by atoms with Crippen LogP contribution in [0.25, 0.3) is 22.0 Å². The molecular formula is C35H39F3N6O3. The summed E-state index contributed by atoms with van der Waals surface area (Å²) in [6.07, 6.45) is -3.04. The van der Waals surface area contributed by atoms with Gasteiger partial charge in [-0.2, -0.15) is 13.2 Å². The second-order valence-electron chi connectivity index (χ2n) is 12.7. The normalized spacial score (nSPS) is 14.3. The largest absolute Gasteiger partial charge is 0.444 e. The van der Waals surface area contributed by atoms with Crippen molar-refractivity contribution in [3.8, 4) is 11.1 Å². The van der Waals surface area contributed by atoms with Gasteiger partial charge in [0.05, 0.1) is 11.1 Å². The minimum Gasteiger partial charge on any atom is -0.444 e. The predicted octanol–water partition coefficient (Wildman–Crippen LogP) is 7.15. The van der Waals surface area contributed by atoms with Gasteiger partial charge in [0.25, 0.3) is 5.91 Å². The summed E-state index contributed by atoms with van der Waals surface area (Å²) >= 11 is 0. The van der Waals surface area contributed by atoms with Crippen LogP contribution in [0.3, 0.4) is 0 Å². The van der Waals surface area contributed by atoms with Crippen molar-refractivity contribution in [1.82, 2.24) is 19.8 Å². The summed E-state index contributed by atoms with van der Waals surface area (Å²) in [6, 6.07) is 14.7.